The molecule has 2 aromatic rings. The van der Waals surface area contributed by atoms with Gasteiger partial charge >= 0.3 is 5.97 Å². The van der Waals surface area contributed by atoms with Crippen LogP contribution < -0.4 is 5.32 Å². The zero-order valence-electron chi connectivity index (χ0n) is 13.8. The van der Waals surface area contributed by atoms with Crippen LogP contribution in [0.2, 0.25) is 0 Å². The van der Waals surface area contributed by atoms with E-state index in [-0.39, 0.29) is 11.6 Å². The smallest absolute Gasteiger partial charge is 0.338 e. The van der Waals surface area contributed by atoms with Crippen molar-refractivity contribution in [1.82, 2.24) is 15.3 Å². The molecule has 0 spiro atoms. The van der Waals surface area contributed by atoms with Crippen molar-refractivity contribution in [2.75, 3.05) is 7.05 Å². The lowest BCUT2D eigenvalue weighted by Gasteiger charge is -2.19. The van der Waals surface area contributed by atoms with Gasteiger partial charge in [0.25, 0.3) is 5.91 Å². The molecule has 0 aliphatic rings. The average molecular weight is 315 g/mol. The number of nitrogens with one attached hydrogen (secondary N) is 2. The van der Waals surface area contributed by atoms with Crippen LogP contribution in [0.25, 0.3) is 0 Å². The topological polar surface area (TPSA) is 84.1 Å². The molecular formula is C17H21N3O3. The van der Waals surface area contributed by atoms with Crippen molar-refractivity contribution in [1.29, 1.82) is 0 Å². The largest absolute Gasteiger partial charge is 0.456 e. The summed E-state index contributed by atoms with van der Waals surface area (Å²) in [6, 6.07) is 5.03. The summed E-state index contributed by atoms with van der Waals surface area (Å²) in [5.41, 5.74) is 1.56. The molecule has 0 saturated carbocycles. The van der Waals surface area contributed by atoms with Crippen LogP contribution in [0.1, 0.15) is 52.9 Å². The molecule has 0 aliphatic heterocycles. The summed E-state index contributed by atoms with van der Waals surface area (Å²) in [6.45, 7) is 5.39. The van der Waals surface area contributed by atoms with E-state index in [1.54, 1.807) is 26.8 Å². The van der Waals surface area contributed by atoms with Crippen LogP contribution in [-0.4, -0.2) is 34.5 Å². The molecule has 0 unspecified atom stereocenters. The molecule has 0 fully saturated rings. The first-order valence-corrected chi connectivity index (χ1v) is 7.36. The fraction of sp³-hybridized carbons (Fsp3) is 0.353. The van der Waals surface area contributed by atoms with E-state index in [4.69, 9.17) is 4.74 Å². The van der Waals surface area contributed by atoms with E-state index >= 15 is 0 Å². The Morgan fingerprint density at radius 2 is 2.04 bits per heavy atom. The Morgan fingerprint density at radius 1 is 1.30 bits per heavy atom. The van der Waals surface area contributed by atoms with Gasteiger partial charge in [0.1, 0.15) is 11.3 Å². The Morgan fingerprint density at radius 3 is 2.61 bits per heavy atom. The standard InChI is InChI=1S/C17H21N3O3/c1-17(2,3)23-16(22)12-8-13(7-11-5-6-19-10-11)20-14(9-12)15(21)18-4/h5-6,8-10,19H,7H2,1-4H3,(H,18,21). The molecule has 1 amide bonds. The molecule has 6 heteroatoms. The van der Waals surface area contributed by atoms with Gasteiger partial charge in [-0.25, -0.2) is 9.78 Å². The van der Waals surface area contributed by atoms with Crippen LogP contribution in [0.15, 0.2) is 30.6 Å². The van der Waals surface area contributed by atoms with Crippen molar-refractivity contribution < 1.29 is 14.3 Å². The molecule has 0 atom stereocenters. The normalized spacial score (nSPS) is 11.1. The molecule has 0 aliphatic carbocycles. The number of carbonyl (C=O) groups is 2. The van der Waals surface area contributed by atoms with Gasteiger partial charge in [0.2, 0.25) is 0 Å². The maximum Gasteiger partial charge on any atom is 0.338 e. The number of pyridine rings is 1. The van der Waals surface area contributed by atoms with Crippen molar-refractivity contribution >= 4 is 11.9 Å². The van der Waals surface area contributed by atoms with E-state index in [9.17, 15) is 9.59 Å². The van der Waals surface area contributed by atoms with E-state index in [2.05, 4.69) is 15.3 Å². The number of ether oxygens (including phenoxy) is 1. The van der Waals surface area contributed by atoms with Gasteiger partial charge in [-0.3, -0.25) is 4.79 Å². The maximum atomic E-state index is 12.3. The highest BCUT2D eigenvalue weighted by molar-refractivity contribution is 5.96. The Labute approximate surface area is 135 Å². The van der Waals surface area contributed by atoms with Gasteiger partial charge in [-0.2, -0.15) is 0 Å². The molecule has 2 heterocycles. The fourth-order valence-electron chi connectivity index (χ4n) is 2.06. The first kappa shape index (κ1) is 16.7. The highest BCUT2D eigenvalue weighted by Gasteiger charge is 2.20. The molecule has 0 radical (unpaired) electrons. The zero-order valence-corrected chi connectivity index (χ0v) is 13.8. The van der Waals surface area contributed by atoms with E-state index in [1.165, 1.54) is 13.1 Å². The predicted molar refractivity (Wildman–Crippen MR) is 86.4 cm³/mol. The second-order valence-electron chi connectivity index (χ2n) is 6.21. The van der Waals surface area contributed by atoms with E-state index in [1.807, 2.05) is 18.5 Å². The van der Waals surface area contributed by atoms with Crippen molar-refractivity contribution in [3.05, 3.63) is 53.1 Å². The van der Waals surface area contributed by atoms with Gasteiger partial charge in [-0.05, 0) is 44.5 Å². The summed E-state index contributed by atoms with van der Waals surface area (Å²) < 4.78 is 5.38. The van der Waals surface area contributed by atoms with Crippen LogP contribution in [0.5, 0.6) is 0 Å². The van der Waals surface area contributed by atoms with Crippen molar-refractivity contribution in [3.8, 4) is 0 Å². The number of hydrogen-bond acceptors (Lipinski definition) is 4. The SMILES string of the molecule is CNC(=O)c1cc(C(=O)OC(C)(C)C)cc(Cc2cc[nH]c2)n1. The van der Waals surface area contributed by atoms with Gasteiger partial charge in [0.05, 0.1) is 5.56 Å². The summed E-state index contributed by atoms with van der Waals surface area (Å²) in [4.78, 5) is 31.5. The molecule has 122 valence electrons. The highest BCUT2D eigenvalue weighted by Crippen LogP contribution is 2.16. The van der Waals surface area contributed by atoms with E-state index < -0.39 is 11.6 Å². The van der Waals surface area contributed by atoms with E-state index in [0.29, 0.717) is 17.7 Å². The second-order valence-corrected chi connectivity index (χ2v) is 6.21. The van der Waals surface area contributed by atoms with Crippen LogP contribution in [-0.2, 0) is 11.2 Å². The lowest BCUT2D eigenvalue weighted by atomic mass is 10.1. The fourth-order valence-corrected chi connectivity index (χ4v) is 2.06. The summed E-state index contributed by atoms with van der Waals surface area (Å²) in [5.74, 6) is -0.814. The van der Waals surface area contributed by atoms with Crippen LogP contribution in [0, 0.1) is 0 Å². The van der Waals surface area contributed by atoms with E-state index in [0.717, 1.165) is 5.56 Å². The average Bonchev–Trinajstić information content (AvgIpc) is 2.97. The number of amides is 1. The van der Waals surface area contributed by atoms with Gasteiger partial charge in [0, 0.05) is 31.6 Å². The van der Waals surface area contributed by atoms with Crippen LogP contribution in [0.3, 0.4) is 0 Å². The first-order chi connectivity index (χ1) is 10.8. The van der Waals surface area contributed by atoms with Crippen LogP contribution >= 0.6 is 0 Å². The van der Waals surface area contributed by atoms with Crippen molar-refractivity contribution in [3.63, 3.8) is 0 Å². The Balaban J connectivity index is 2.36. The summed E-state index contributed by atoms with van der Waals surface area (Å²) >= 11 is 0. The van der Waals surface area contributed by atoms with Crippen molar-refractivity contribution in [2.24, 2.45) is 0 Å². The summed E-state index contributed by atoms with van der Waals surface area (Å²) in [5, 5.41) is 2.52. The lowest BCUT2D eigenvalue weighted by molar-refractivity contribution is 0.00692. The second kappa shape index (κ2) is 6.64. The highest BCUT2D eigenvalue weighted by atomic mass is 16.6. The maximum absolute atomic E-state index is 12.3. The quantitative estimate of drug-likeness (QED) is 0.848. The number of nitrogens with zero attached hydrogens (tertiary/aromatic N) is 1. The molecule has 0 bridgehead atoms. The number of esters is 1. The minimum Gasteiger partial charge on any atom is -0.456 e. The third kappa shape index (κ3) is 4.67. The number of aromatic nitrogens is 2. The Hall–Kier alpha value is -2.63. The molecule has 6 nitrogen and oxygen atoms in total. The summed E-state index contributed by atoms with van der Waals surface area (Å²) in [7, 11) is 1.52. The monoisotopic (exact) mass is 315 g/mol. The zero-order chi connectivity index (χ0) is 17.0. The Kier molecular flexibility index (Phi) is 4.83. The first-order valence-electron chi connectivity index (χ1n) is 7.36. The minimum absolute atomic E-state index is 0.196. The molecule has 2 aromatic heterocycles. The lowest BCUT2D eigenvalue weighted by Crippen LogP contribution is -2.25. The minimum atomic E-state index is -0.603. The molecule has 2 rings (SSSR count). The summed E-state index contributed by atoms with van der Waals surface area (Å²) in [6.07, 6.45) is 4.18. The molecule has 0 aromatic carbocycles. The molecular weight excluding hydrogens is 294 g/mol. The Bertz CT molecular complexity index is 700. The molecule has 23 heavy (non-hydrogen) atoms. The van der Waals surface area contributed by atoms with Crippen molar-refractivity contribution in [2.45, 2.75) is 32.8 Å². The number of rotatable bonds is 4. The van der Waals surface area contributed by atoms with Gasteiger partial charge in [0.15, 0.2) is 0 Å². The number of hydrogen-bond donors (Lipinski definition) is 2. The number of H-pyrrole nitrogens is 1. The van der Waals surface area contributed by atoms with Crippen LogP contribution in [0.4, 0.5) is 0 Å². The van der Waals surface area contributed by atoms with Gasteiger partial charge in [-0.15, -0.1) is 0 Å². The third-order valence-corrected chi connectivity index (χ3v) is 3.02. The van der Waals surface area contributed by atoms with Gasteiger partial charge < -0.3 is 15.0 Å². The predicted octanol–water partition coefficient (Wildman–Crippen LogP) is 2.32. The molecule has 0 saturated heterocycles. The number of aromatic amines is 1. The third-order valence-electron chi connectivity index (χ3n) is 3.02. The number of carbonyl (C=O) groups excluding carboxylic acids is 2. The van der Waals surface area contributed by atoms with Gasteiger partial charge in [-0.1, -0.05) is 0 Å². The molecule has 2 N–H and O–H groups in total.